The molecule has 0 spiro atoms. The molecule has 31 heavy (non-hydrogen) atoms. The first-order valence-electron chi connectivity index (χ1n) is 10.1. The van der Waals surface area contributed by atoms with Crippen LogP contribution in [0.25, 0.3) is 11.5 Å². The van der Waals surface area contributed by atoms with Crippen LogP contribution in [0.15, 0.2) is 67.0 Å². The van der Waals surface area contributed by atoms with Crippen LogP contribution in [0.5, 0.6) is 0 Å². The van der Waals surface area contributed by atoms with E-state index in [9.17, 15) is 5.11 Å². The summed E-state index contributed by atoms with van der Waals surface area (Å²) in [6.07, 6.45) is 3.79. The van der Waals surface area contributed by atoms with Crippen LogP contribution in [0.4, 0.5) is 5.69 Å². The standard InChI is InChI=1S/C26H27ClN2OS/c1-17-6-7-19(16-18(17)2)24(30)23(25(31)28-22-10-8-21(27)9-11-22)29-14-12-20(13-15-29)26(3,4)5/h6-16H,1-5H3,(H-,28,30,31). The second-order valence-corrected chi connectivity index (χ2v) is 9.53. The predicted octanol–water partition coefficient (Wildman–Crippen LogP) is 5.67. The molecule has 0 fully saturated rings. The van der Waals surface area contributed by atoms with Gasteiger partial charge in [-0.25, -0.2) is 0 Å². The Morgan fingerprint density at radius 1 is 0.935 bits per heavy atom. The molecule has 0 saturated carbocycles. The number of anilines is 1. The zero-order valence-corrected chi connectivity index (χ0v) is 20.1. The van der Waals surface area contributed by atoms with E-state index in [1.165, 1.54) is 5.56 Å². The molecule has 3 aromatic rings. The Hall–Kier alpha value is -2.69. The highest BCUT2D eigenvalue weighted by molar-refractivity contribution is 7.81. The van der Waals surface area contributed by atoms with Crippen LogP contribution < -0.4 is 15.0 Å². The van der Waals surface area contributed by atoms with Crippen molar-refractivity contribution in [3.05, 3.63) is 94.3 Å². The largest absolute Gasteiger partial charge is 0.867 e. The summed E-state index contributed by atoms with van der Waals surface area (Å²) >= 11 is 11.7. The van der Waals surface area contributed by atoms with Gasteiger partial charge in [0.1, 0.15) is 0 Å². The van der Waals surface area contributed by atoms with Crippen LogP contribution in [-0.2, 0) is 5.41 Å². The van der Waals surface area contributed by atoms with Crippen molar-refractivity contribution in [3.63, 3.8) is 0 Å². The lowest BCUT2D eigenvalue weighted by molar-refractivity contribution is -0.577. The molecule has 0 unspecified atom stereocenters. The minimum Gasteiger partial charge on any atom is -0.867 e. The lowest BCUT2D eigenvalue weighted by atomic mass is 9.88. The Morgan fingerprint density at radius 3 is 2.10 bits per heavy atom. The molecular weight excluding hydrogens is 424 g/mol. The molecule has 5 heteroatoms. The normalized spacial score (nSPS) is 12.3. The van der Waals surface area contributed by atoms with Crippen molar-refractivity contribution < 1.29 is 9.67 Å². The van der Waals surface area contributed by atoms with Gasteiger partial charge in [0.25, 0.3) is 0 Å². The highest BCUT2D eigenvalue weighted by Crippen LogP contribution is 2.23. The minimum absolute atomic E-state index is 0.0133. The Morgan fingerprint density at radius 2 is 1.55 bits per heavy atom. The monoisotopic (exact) mass is 450 g/mol. The van der Waals surface area contributed by atoms with Gasteiger partial charge < -0.3 is 10.4 Å². The SMILES string of the molecule is Cc1ccc(C([O-])=C(C(=S)Nc2ccc(Cl)cc2)[n+]2ccc(C(C)(C)C)cc2)cc1C. The second kappa shape index (κ2) is 9.21. The van der Waals surface area contributed by atoms with Crippen LogP contribution in [0, 0.1) is 13.8 Å². The van der Waals surface area contributed by atoms with Crippen LogP contribution in [0.3, 0.4) is 0 Å². The van der Waals surface area contributed by atoms with Crippen molar-refractivity contribution in [1.82, 2.24) is 0 Å². The van der Waals surface area contributed by atoms with Gasteiger partial charge in [-0.05, 0) is 71.5 Å². The average Bonchev–Trinajstić information content (AvgIpc) is 2.71. The maximum atomic E-state index is 13.6. The van der Waals surface area contributed by atoms with Crippen molar-refractivity contribution >= 4 is 46.0 Å². The highest BCUT2D eigenvalue weighted by atomic mass is 35.5. The van der Waals surface area contributed by atoms with E-state index in [2.05, 4.69) is 26.1 Å². The van der Waals surface area contributed by atoms with Gasteiger partial charge in [0, 0.05) is 22.8 Å². The topological polar surface area (TPSA) is 39.0 Å². The molecule has 0 amide bonds. The number of pyridine rings is 1. The Bertz CT molecular complexity index is 1130. The Labute approximate surface area is 195 Å². The van der Waals surface area contributed by atoms with Gasteiger partial charge in [-0.1, -0.05) is 62.8 Å². The van der Waals surface area contributed by atoms with E-state index < -0.39 is 0 Å². The summed E-state index contributed by atoms with van der Waals surface area (Å²) in [5, 5.41) is 17.4. The lowest BCUT2D eigenvalue weighted by Gasteiger charge is -2.20. The van der Waals surface area contributed by atoms with Crippen molar-refractivity contribution in [2.24, 2.45) is 0 Å². The zero-order valence-electron chi connectivity index (χ0n) is 18.5. The number of aromatic nitrogens is 1. The number of hydrogen-bond donors (Lipinski definition) is 1. The molecule has 0 aliphatic rings. The van der Waals surface area contributed by atoms with Gasteiger partial charge in [-0.2, -0.15) is 4.57 Å². The molecule has 0 saturated heterocycles. The maximum absolute atomic E-state index is 13.6. The number of hydrogen-bond acceptors (Lipinski definition) is 2. The number of nitrogens with zero attached hydrogens (tertiary/aromatic N) is 1. The number of thiocarbonyl (C=S) groups is 1. The zero-order chi connectivity index (χ0) is 22.8. The van der Waals surface area contributed by atoms with Gasteiger partial charge in [0.05, 0.1) is 0 Å². The smallest absolute Gasteiger partial charge is 0.238 e. The number of nitrogens with one attached hydrogen (secondary N) is 1. The minimum atomic E-state index is -0.136. The van der Waals surface area contributed by atoms with Crippen molar-refractivity contribution in [1.29, 1.82) is 0 Å². The number of benzene rings is 2. The Balaban J connectivity index is 2.09. The molecule has 0 aliphatic carbocycles. The summed E-state index contributed by atoms with van der Waals surface area (Å²) in [4.78, 5) is 0.346. The summed E-state index contributed by atoms with van der Waals surface area (Å²) < 4.78 is 1.79. The maximum Gasteiger partial charge on any atom is 0.238 e. The third-order valence-corrected chi connectivity index (χ3v) is 5.80. The second-order valence-electron chi connectivity index (χ2n) is 8.68. The van der Waals surface area contributed by atoms with E-state index in [0.29, 0.717) is 21.3 Å². The third-order valence-electron chi connectivity index (χ3n) is 5.25. The number of aryl methyl sites for hydroxylation is 2. The summed E-state index contributed by atoms with van der Waals surface area (Å²) in [6.45, 7) is 10.5. The summed E-state index contributed by atoms with van der Waals surface area (Å²) in [6, 6.07) is 17.0. The predicted molar refractivity (Wildman–Crippen MR) is 132 cm³/mol. The van der Waals surface area contributed by atoms with Crippen molar-refractivity contribution in [2.75, 3.05) is 5.32 Å². The molecule has 1 N–H and O–H groups in total. The molecule has 1 heterocycles. The fourth-order valence-electron chi connectivity index (χ4n) is 3.16. The van der Waals surface area contributed by atoms with Crippen LogP contribution in [-0.4, -0.2) is 4.99 Å². The van der Waals surface area contributed by atoms with Crippen LogP contribution in [0.1, 0.15) is 43.0 Å². The Kier molecular flexibility index (Phi) is 6.83. The first kappa shape index (κ1) is 23.0. The fourth-order valence-corrected chi connectivity index (χ4v) is 3.60. The van der Waals surface area contributed by atoms with Gasteiger partial charge in [-0.15, -0.1) is 0 Å². The summed E-state index contributed by atoms with van der Waals surface area (Å²) in [5.41, 5.74) is 5.17. The highest BCUT2D eigenvalue weighted by Gasteiger charge is 2.21. The summed E-state index contributed by atoms with van der Waals surface area (Å²) in [7, 11) is 0. The first-order valence-corrected chi connectivity index (χ1v) is 10.9. The molecule has 160 valence electrons. The van der Waals surface area contributed by atoms with Crippen LogP contribution >= 0.6 is 23.8 Å². The molecule has 0 radical (unpaired) electrons. The van der Waals surface area contributed by atoms with E-state index in [4.69, 9.17) is 23.8 Å². The molecule has 3 nitrogen and oxygen atoms in total. The van der Waals surface area contributed by atoms with E-state index in [-0.39, 0.29) is 11.2 Å². The number of rotatable bonds is 4. The lowest BCUT2D eigenvalue weighted by Crippen LogP contribution is -2.40. The van der Waals surface area contributed by atoms with Crippen molar-refractivity contribution in [2.45, 2.75) is 40.0 Å². The quantitative estimate of drug-likeness (QED) is 0.241. The molecule has 0 atom stereocenters. The van der Waals surface area contributed by atoms with Crippen LogP contribution in [0.2, 0.25) is 5.02 Å². The summed E-state index contributed by atoms with van der Waals surface area (Å²) in [5.74, 6) is -0.136. The van der Waals surface area contributed by atoms with Crippen molar-refractivity contribution in [3.8, 4) is 0 Å². The number of halogens is 1. The van der Waals surface area contributed by atoms with E-state index in [1.807, 2.05) is 68.7 Å². The average molecular weight is 451 g/mol. The molecular formula is C26H27ClN2OS. The molecule has 3 rings (SSSR count). The first-order chi connectivity index (χ1) is 14.6. The van der Waals surface area contributed by atoms with E-state index >= 15 is 0 Å². The fraction of sp³-hybridized carbons (Fsp3) is 0.231. The molecule has 0 bridgehead atoms. The van der Waals surface area contributed by atoms with Gasteiger partial charge in [-0.3, -0.25) is 0 Å². The van der Waals surface area contributed by atoms with Gasteiger partial charge in [0.2, 0.25) is 5.70 Å². The third kappa shape index (κ3) is 5.52. The van der Waals surface area contributed by atoms with Gasteiger partial charge in [0.15, 0.2) is 17.4 Å². The van der Waals surface area contributed by atoms with E-state index in [1.54, 1.807) is 16.7 Å². The molecule has 0 aliphatic heterocycles. The molecule has 1 aromatic heterocycles. The van der Waals surface area contributed by atoms with Gasteiger partial charge >= 0.3 is 0 Å². The molecule has 2 aromatic carbocycles. The van der Waals surface area contributed by atoms with E-state index in [0.717, 1.165) is 16.8 Å².